The van der Waals surface area contributed by atoms with Crippen molar-refractivity contribution in [3.8, 4) is 0 Å². The molecule has 0 saturated heterocycles. The van der Waals surface area contributed by atoms with Crippen LogP contribution in [0.2, 0.25) is 0 Å². The Kier molecular flexibility index (Phi) is 13.7. The van der Waals surface area contributed by atoms with Crippen molar-refractivity contribution in [1.29, 1.82) is 0 Å². The number of carboxylic acids is 1. The second-order valence-electron chi connectivity index (χ2n) is 4.04. The summed E-state index contributed by atoms with van der Waals surface area (Å²) in [7, 11) is -2.21. The Hall–Kier alpha value is -0.555. The van der Waals surface area contributed by atoms with Crippen LogP contribution in [0.5, 0.6) is 0 Å². The summed E-state index contributed by atoms with van der Waals surface area (Å²) in [5.41, 5.74) is 0. The first kappa shape index (κ1) is 25.7. The zero-order chi connectivity index (χ0) is 18.0. The van der Waals surface area contributed by atoms with Crippen LogP contribution in [0.25, 0.3) is 0 Å². The molecule has 0 spiro atoms. The number of carbonyl (C=O) groups excluding carboxylic acids is 2. The number of hydrogen-bond acceptors (Lipinski definition) is 8. The number of hydrogen-bond donors (Lipinski definition) is 1. The van der Waals surface area contributed by atoms with Crippen molar-refractivity contribution < 1.29 is 60.3 Å². The minimum absolute atomic E-state index is 0. The van der Waals surface area contributed by atoms with Crippen molar-refractivity contribution in [1.82, 2.24) is 4.72 Å². The van der Waals surface area contributed by atoms with E-state index in [4.69, 9.17) is 19.4 Å². The minimum Gasteiger partial charge on any atom is -0.550 e. The largest absolute Gasteiger partial charge is 1.00 e. The van der Waals surface area contributed by atoms with Crippen LogP contribution in [0.1, 0.15) is 23.5 Å². The van der Waals surface area contributed by atoms with E-state index in [9.17, 15) is 13.2 Å². The maximum atomic E-state index is 11.9. The molecule has 0 aliphatic carbocycles. The number of esters is 1. The fourth-order valence-corrected chi connectivity index (χ4v) is 3.44. The van der Waals surface area contributed by atoms with Crippen LogP contribution in [0.4, 0.5) is 0 Å². The normalized spacial score (nSPS) is 11.5. The number of carboxylic acid groups (broad SMARTS) is 1. The molecule has 1 N–H and O–H groups in total. The topological polar surface area (TPSA) is 122 Å². The van der Waals surface area contributed by atoms with Crippen molar-refractivity contribution in [2.24, 2.45) is 0 Å². The molecule has 1 atom stereocenters. The van der Waals surface area contributed by atoms with Crippen molar-refractivity contribution in [2.75, 3.05) is 20.3 Å². The van der Waals surface area contributed by atoms with E-state index in [-0.39, 0.29) is 49.9 Å². The molecule has 24 heavy (non-hydrogen) atoms. The number of rotatable bonds is 7. The van der Waals surface area contributed by atoms with E-state index in [0.29, 0.717) is 0 Å². The van der Waals surface area contributed by atoms with Gasteiger partial charge < -0.3 is 19.4 Å². The Bertz CT molecular complexity index is 612. The van der Waals surface area contributed by atoms with Crippen molar-refractivity contribution >= 4 is 33.3 Å². The van der Waals surface area contributed by atoms with Gasteiger partial charge in [0.15, 0.2) is 0 Å². The maximum Gasteiger partial charge on any atom is 1.00 e. The van der Waals surface area contributed by atoms with E-state index >= 15 is 0 Å². The number of aliphatic carboxylic acids is 1. The molecule has 0 amide bonds. The molecular weight excluding hydrogens is 547 g/mol. The third kappa shape index (κ3) is 10.3. The van der Waals surface area contributed by atoms with Gasteiger partial charge in [-0.3, -0.25) is 0 Å². The Balaban J connectivity index is 0. The van der Waals surface area contributed by atoms with Crippen LogP contribution in [-0.2, 0) is 52.0 Å². The molecule has 1 aromatic heterocycles. The fourth-order valence-electron chi connectivity index (χ4n) is 1.13. The van der Waals surface area contributed by atoms with Gasteiger partial charge in [0, 0.05) is 19.6 Å². The van der Waals surface area contributed by atoms with Gasteiger partial charge in [-0.25, -0.2) is 17.9 Å². The van der Waals surface area contributed by atoms with E-state index in [1.54, 1.807) is 6.92 Å². The maximum absolute atomic E-state index is 11.9. The summed E-state index contributed by atoms with van der Waals surface area (Å²) in [5.74, 6) is -1.61. The summed E-state index contributed by atoms with van der Waals surface area (Å²) in [6.45, 7) is 6.55. The standard InChI is InChI=1S/C11H16NO5S2.C2H4O2.Hg/c1-4-17-11(13)9-5-6-10(18-9)19(14,15)12-7-8(2)16-3;1-2(3)4;/h5-6,8,12H,2,4,7H2,1,3H3;1H3,(H,3,4);/q;;+1/p-1. The zero-order valence-corrected chi connectivity index (χ0v) is 20.9. The van der Waals surface area contributed by atoms with Crippen LogP contribution in [0.3, 0.4) is 0 Å². The second kappa shape index (κ2) is 12.8. The van der Waals surface area contributed by atoms with Crippen LogP contribution in [0.15, 0.2) is 16.3 Å². The molecule has 0 aliphatic heterocycles. The first-order chi connectivity index (χ1) is 10.6. The quantitative estimate of drug-likeness (QED) is 0.359. The smallest absolute Gasteiger partial charge is 0.550 e. The summed E-state index contributed by atoms with van der Waals surface area (Å²) in [6, 6.07) is 2.79. The average molecular weight is 566 g/mol. The van der Waals surface area contributed by atoms with E-state index in [2.05, 4.69) is 11.6 Å². The van der Waals surface area contributed by atoms with Crippen LogP contribution >= 0.6 is 11.3 Å². The van der Waals surface area contributed by atoms with Crippen LogP contribution in [-0.4, -0.2) is 46.7 Å². The van der Waals surface area contributed by atoms with Crippen LogP contribution in [0, 0.1) is 6.92 Å². The zero-order valence-electron chi connectivity index (χ0n) is 13.7. The monoisotopic (exact) mass is 567 g/mol. The third-order valence-corrected chi connectivity index (χ3v) is 5.14. The first-order valence-corrected chi connectivity index (χ1v) is 8.74. The molecule has 0 fully saturated rings. The molecular formula is C13H19HgNO7S2. The molecule has 1 rings (SSSR count). The van der Waals surface area contributed by atoms with Gasteiger partial charge in [-0.2, -0.15) is 0 Å². The van der Waals surface area contributed by atoms with Crippen molar-refractivity contribution in [3.63, 3.8) is 0 Å². The average Bonchev–Trinajstić information content (AvgIpc) is 2.95. The Morgan fingerprint density at radius 1 is 1.42 bits per heavy atom. The second-order valence-corrected chi connectivity index (χ2v) is 7.12. The Morgan fingerprint density at radius 2 is 1.96 bits per heavy atom. The summed E-state index contributed by atoms with van der Waals surface area (Å²) < 4.78 is 35.9. The van der Waals surface area contributed by atoms with Gasteiger partial charge in [-0.1, -0.05) is 0 Å². The molecule has 11 heteroatoms. The number of carbonyl (C=O) groups is 2. The molecule has 132 valence electrons. The Labute approximate surface area is 166 Å². The summed E-state index contributed by atoms with van der Waals surface area (Å²) in [4.78, 5) is 20.6. The summed E-state index contributed by atoms with van der Waals surface area (Å²) in [6.07, 6.45) is -0.473. The minimum atomic E-state index is -3.65. The first-order valence-electron chi connectivity index (χ1n) is 6.44. The van der Waals surface area contributed by atoms with Gasteiger partial charge in [0.25, 0.3) is 0 Å². The number of thiophene rings is 1. The number of ether oxygens (including phenoxy) is 2. The van der Waals surface area contributed by atoms with Gasteiger partial charge in [-0.15, -0.1) is 11.3 Å². The SMILES string of the molecule is CC(=O)[O-].[CH2]C(CNS(=O)(=O)c1ccc(C(=O)OCC)s1)OC.[Hg+]. The third-order valence-electron chi connectivity index (χ3n) is 2.16. The Morgan fingerprint density at radius 3 is 2.42 bits per heavy atom. The molecule has 0 saturated carbocycles. The fraction of sp³-hybridized carbons (Fsp3) is 0.462. The van der Waals surface area contributed by atoms with Gasteiger partial charge in [0.1, 0.15) is 9.09 Å². The van der Waals surface area contributed by atoms with Gasteiger partial charge in [0.2, 0.25) is 10.0 Å². The van der Waals surface area contributed by atoms with Crippen molar-refractivity contribution in [3.05, 3.63) is 23.9 Å². The van der Waals surface area contributed by atoms with Gasteiger partial charge in [-0.05, 0) is 32.9 Å². The van der Waals surface area contributed by atoms with E-state index in [1.807, 2.05) is 0 Å². The van der Waals surface area contributed by atoms with Crippen molar-refractivity contribution in [2.45, 2.75) is 24.2 Å². The number of sulfonamides is 1. The predicted molar refractivity (Wildman–Crippen MR) is 82.3 cm³/mol. The van der Waals surface area contributed by atoms with Crippen LogP contribution < -0.4 is 9.83 Å². The molecule has 8 nitrogen and oxygen atoms in total. The summed E-state index contributed by atoms with van der Waals surface area (Å²) in [5, 5.41) is 8.89. The molecule has 0 bridgehead atoms. The van der Waals surface area contributed by atoms with Gasteiger partial charge in [0.05, 0.1) is 12.7 Å². The van der Waals surface area contributed by atoms with E-state index in [1.165, 1.54) is 19.2 Å². The van der Waals surface area contributed by atoms with E-state index < -0.39 is 28.1 Å². The molecule has 1 heterocycles. The number of methoxy groups -OCH3 is 1. The molecule has 0 aliphatic rings. The molecule has 1 aromatic rings. The molecule has 0 aromatic carbocycles. The predicted octanol–water partition coefficient (Wildman–Crippen LogP) is -0.194. The van der Waals surface area contributed by atoms with E-state index in [0.717, 1.165) is 18.3 Å². The number of nitrogens with one attached hydrogen (secondary N) is 1. The molecule has 1 unspecified atom stereocenters. The molecule has 2 radical (unpaired) electrons. The van der Waals surface area contributed by atoms with Gasteiger partial charge >= 0.3 is 33.6 Å². The summed E-state index contributed by atoms with van der Waals surface area (Å²) >= 11 is 0.861.